The molecule has 0 saturated carbocycles. The number of sulfonamides is 1. The van der Waals surface area contributed by atoms with Gasteiger partial charge in [0.25, 0.3) is 5.91 Å². The van der Waals surface area contributed by atoms with Gasteiger partial charge < -0.3 is 14.5 Å². The molecular formula is C23H28N6O6S. The van der Waals surface area contributed by atoms with Gasteiger partial charge in [-0.1, -0.05) is 6.07 Å². The average Bonchev–Trinajstić information content (AvgIpc) is 3.10. The predicted molar refractivity (Wildman–Crippen MR) is 132 cm³/mol. The number of carbonyl (C=O) groups excluding carboxylic acids is 1. The fourth-order valence-electron chi connectivity index (χ4n) is 4.55. The normalized spacial score (nSPS) is 18.8. The molecule has 13 heteroatoms. The van der Waals surface area contributed by atoms with Crippen molar-refractivity contribution in [3.63, 3.8) is 0 Å². The summed E-state index contributed by atoms with van der Waals surface area (Å²) in [6.45, 7) is 4.42. The van der Waals surface area contributed by atoms with E-state index in [2.05, 4.69) is 15.3 Å². The highest BCUT2D eigenvalue weighted by molar-refractivity contribution is 7.88. The highest BCUT2D eigenvalue weighted by Gasteiger charge is 2.42. The fraction of sp³-hybridized carbons (Fsp3) is 0.478. The van der Waals surface area contributed by atoms with Crippen LogP contribution in [-0.4, -0.2) is 64.2 Å². The lowest BCUT2D eigenvalue weighted by Gasteiger charge is -2.38. The monoisotopic (exact) mass is 516 g/mol. The van der Waals surface area contributed by atoms with Crippen molar-refractivity contribution in [1.29, 1.82) is 0 Å². The molecule has 4 heterocycles. The van der Waals surface area contributed by atoms with Crippen LogP contribution in [0.3, 0.4) is 0 Å². The molecule has 0 atom stereocenters. The van der Waals surface area contributed by atoms with E-state index in [1.54, 1.807) is 44.1 Å². The molecule has 0 aliphatic carbocycles. The SMILES string of the molecule is Cn1c(=O)oc2ccc(CN3C(=O)C(C)(C)Oc4cnc(NC5CCN(S(C)(=O)=O)CC5)nc43)cc21. The number of nitrogens with zero attached hydrogens (tertiary/aromatic N) is 5. The third-order valence-electron chi connectivity index (χ3n) is 6.57. The summed E-state index contributed by atoms with van der Waals surface area (Å²) >= 11 is 0. The van der Waals surface area contributed by atoms with Crippen molar-refractivity contribution in [3.8, 4) is 5.75 Å². The highest BCUT2D eigenvalue weighted by atomic mass is 32.2. The molecule has 1 fully saturated rings. The van der Waals surface area contributed by atoms with Gasteiger partial charge in [0, 0.05) is 26.2 Å². The number of aromatic nitrogens is 3. The number of anilines is 2. The molecule has 192 valence electrons. The Balaban J connectivity index is 1.42. The Morgan fingerprint density at radius 1 is 1.19 bits per heavy atom. The van der Waals surface area contributed by atoms with Crippen LogP contribution >= 0.6 is 0 Å². The molecule has 0 spiro atoms. The molecule has 2 aliphatic rings. The summed E-state index contributed by atoms with van der Waals surface area (Å²) in [6, 6.07) is 5.32. The molecular weight excluding hydrogens is 488 g/mol. The van der Waals surface area contributed by atoms with Gasteiger partial charge in [-0.05, 0) is 44.4 Å². The molecule has 2 aliphatic heterocycles. The zero-order valence-corrected chi connectivity index (χ0v) is 21.3. The summed E-state index contributed by atoms with van der Waals surface area (Å²) in [4.78, 5) is 35.8. The van der Waals surface area contributed by atoms with Crippen molar-refractivity contribution in [2.24, 2.45) is 7.05 Å². The molecule has 5 rings (SSSR count). The van der Waals surface area contributed by atoms with Gasteiger partial charge >= 0.3 is 5.76 Å². The largest absolute Gasteiger partial charge is 0.472 e. The van der Waals surface area contributed by atoms with E-state index in [1.165, 1.54) is 15.1 Å². The van der Waals surface area contributed by atoms with Gasteiger partial charge in [-0.25, -0.2) is 22.5 Å². The number of fused-ring (bicyclic) bond motifs is 2. The first kappa shape index (κ1) is 24.3. The number of hydrogen-bond donors (Lipinski definition) is 1. The molecule has 0 unspecified atom stereocenters. The molecule has 0 radical (unpaired) electrons. The predicted octanol–water partition coefficient (Wildman–Crippen LogP) is 1.46. The van der Waals surface area contributed by atoms with Gasteiger partial charge in [0.15, 0.2) is 22.8 Å². The highest BCUT2D eigenvalue weighted by Crippen LogP contribution is 2.37. The van der Waals surface area contributed by atoms with Crippen LogP contribution < -0.4 is 20.7 Å². The Labute approximate surface area is 207 Å². The Hall–Kier alpha value is -3.45. The fourth-order valence-corrected chi connectivity index (χ4v) is 5.42. The quantitative estimate of drug-likeness (QED) is 0.534. The first-order valence-corrected chi connectivity index (χ1v) is 13.5. The average molecular weight is 517 g/mol. The lowest BCUT2D eigenvalue weighted by Crippen LogP contribution is -2.52. The Morgan fingerprint density at radius 3 is 2.61 bits per heavy atom. The van der Waals surface area contributed by atoms with Crippen molar-refractivity contribution in [3.05, 3.63) is 40.5 Å². The number of carbonyl (C=O) groups is 1. The van der Waals surface area contributed by atoms with Gasteiger partial charge in [-0.2, -0.15) is 4.98 Å². The maximum atomic E-state index is 13.4. The van der Waals surface area contributed by atoms with Crippen molar-refractivity contribution >= 4 is 38.8 Å². The second kappa shape index (κ2) is 8.59. The van der Waals surface area contributed by atoms with E-state index in [1.807, 2.05) is 6.07 Å². The topological polar surface area (TPSA) is 140 Å². The minimum Gasteiger partial charge on any atom is -0.472 e. The molecule has 1 saturated heterocycles. The zero-order valence-electron chi connectivity index (χ0n) is 20.5. The van der Waals surface area contributed by atoms with Crippen molar-refractivity contribution in [1.82, 2.24) is 18.8 Å². The number of nitrogens with one attached hydrogen (secondary N) is 1. The van der Waals surface area contributed by atoms with Gasteiger partial charge in [0.05, 0.1) is 24.5 Å². The number of oxazole rings is 1. The Kier molecular flexibility index (Phi) is 5.79. The Bertz CT molecular complexity index is 1500. The van der Waals surface area contributed by atoms with Gasteiger partial charge in [-0.15, -0.1) is 0 Å². The molecule has 1 amide bonds. The maximum Gasteiger partial charge on any atom is 0.419 e. The van der Waals surface area contributed by atoms with Gasteiger partial charge in [0.1, 0.15) is 0 Å². The van der Waals surface area contributed by atoms with Crippen LogP contribution in [0.5, 0.6) is 5.75 Å². The first-order valence-electron chi connectivity index (χ1n) is 11.6. The molecule has 2 aromatic heterocycles. The number of rotatable bonds is 5. The second-order valence-electron chi connectivity index (χ2n) is 9.69. The number of aryl methyl sites for hydroxylation is 1. The van der Waals surface area contributed by atoms with Crippen molar-refractivity contribution in [2.45, 2.75) is 44.9 Å². The van der Waals surface area contributed by atoms with E-state index in [4.69, 9.17) is 9.15 Å². The first-order chi connectivity index (χ1) is 16.9. The minimum absolute atomic E-state index is 0.00376. The standard InChI is InChI=1S/C23H28N6O6S/c1-23(2)20(30)29(13-14-5-6-17-16(11-14)27(3)22(31)34-17)19-18(35-23)12-24-21(26-19)25-15-7-9-28(10-8-15)36(4,32)33/h5-6,11-12,15H,7-10,13H2,1-4H3,(H,24,25,26). The van der Waals surface area contributed by atoms with Crippen LogP contribution in [0.2, 0.25) is 0 Å². The number of amides is 1. The van der Waals surface area contributed by atoms with Crippen molar-refractivity contribution in [2.75, 3.05) is 29.6 Å². The smallest absolute Gasteiger partial charge is 0.419 e. The van der Waals surface area contributed by atoms with Crippen LogP contribution in [0, 0.1) is 0 Å². The number of ether oxygens (including phenoxy) is 1. The molecule has 12 nitrogen and oxygen atoms in total. The van der Waals surface area contributed by atoms with Crippen LogP contribution in [0.1, 0.15) is 32.3 Å². The van der Waals surface area contributed by atoms with Crippen LogP contribution in [0.15, 0.2) is 33.6 Å². The lowest BCUT2D eigenvalue weighted by atomic mass is 10.0. The summed E-state index contributed by atoms with van der Waals surface area (Å²) in [5.41, 5.74) is 0.771. The third kappa shape index (κ3) is 4.44. The van der Waals surface area contributed by atoms with Crippen LogP contribution in [0.4, 0.5) is 11.8 Å². The van der Waals surface area contributed by atoms with Crippen molar-refractivity contribution < 1.29 is 22.4 Å². The van der Waals surface area contributed by atoms with E-state index in [-0.39, 0.29) is 18.5 Å². The number of piperidine rings is 1. The van der Waals surface area contributed by atoms with E-state index >= 15 is 0 Å². The van der Waals surface area contributed by atoms with E-state index in [9.17, 15) is 18.0 Å². The molecule has 0 bridgehead atoms. The molecule has 36 heavy (non-hydrogen) atoms. The minimum atomic E-state index is -3.21. The van der Waals surface area contributed by atoms with E-state index in [0.29, 0.717) is 54.5 Å². The number of benzene rings is 1. The molecule has 1 N–H and O–H groups in total. The van der Waals surface area contributed by atoms with Gasteiger partial charge in [-0.3, -0.25) is 14.3 Å². The van der Waals surface area contributed by atoms with E-state index in [0.717, 1.165) is 5.56 Å². The second-order valence-corrected chi connectivity index (χ2v) is 11.7. The maximum absolute atomic E-state index is 13.4. The summed E-state index contributed by atoms with van der Waals surface area (Å²) in [6.07, 6.45) is 3.98. The summed E-state index contributed by atoms with van der Waals surface area (Å²) < 4.78 is 37.6. The van der Waals surface area contributed by atoms with Gasteiger partial charge in [0.2, 0.25) is 16.0 Å². The summed E-state index contributed by atoms with van der Waals surface area (Å²) in [7, 11) is -1.59. The molecule has 3 aromatic rings. The van der Waals surface area contributed by atoms with E-state index < -0.39 is 21.4 Å². The summed E-state index contributed by atoms with van der Waals surface area (Å²) in [5, 5.41) is 3.27. The zero-order chi connectivity index (χ0) is 25.8. The molecule has 1 aromatic carbocycles. The Morgan fingerprint density at radius 2 is 1.92 bits per heavy atom. The number of hydrogen-bond acceptors (Lipinski definition) is 9. The summed E-state index contributed by atoms with van der Waals surface area (Å²) in [5.74, 6) is 0.338. The third-order valence-corrected chi connectivity index (χ3v) is 7.87. The van der Waals surface area contributed by atoms with Crippen LogP contribution in [-0.2, 0) is 28.4 Å². The van der Waals surface area contributed by atoms with Crippen LogP contribution in [0.25, 0.3) is 11.1 Å². The lowest BCUT2D eigenvalue weighted by molar-refractivity contribution is -0.133.